The Balaban J connectivity index is 2.03. The third-order valence-electron chi connectivity index (χ3n) is 3.61. The lowest BCUT2D eigenvalue weighted by Gasteiger charge is -2.12. The molecule has 1 amide bonds. The van der Waals surface area contributed by atoms with Gasteiger partial charge in [0.05, 0.1) is 17.4 Å². The molecule has 102 valence electrons. The van der Waals surface area contributed by atoms with Crippen LogP contribution in [0.1, 0.15) is 32.3 Å². The molecule has 0 unspecified atom stereocenters. The number of amides is 1. The number of fused-ring (bicyclic) bond motifs is 1. The van der Waals surface area contributed by atoms with Gasteiger partial charge in [-0.05, 0) is 30.5 Å². The van der Waals surface area contributed by atoms with Crippen LogP contribution < -0.4 is 5.32 Å². The van der Waals surface area contributed by atoms with Crippen molar-refractivity contribution in [2.45, 2.75) is 33.2 Å². The highest BCUT2D eigenvalue weighted by atomic mass is 16.1. The Morgan fingerprint density at radius 3 is 2.79 bits per heavy atom. The molecule has 4 heteroatoms. The lowest BCUT2D eigenvalue weighted by atomic mass is 10.0. The predicted octanol–water partition coefficient (Wildman–Crippen LogP) is 2.63. The first-order valence-corrected chi connectivity index (χ1v) is 6.83. The van der Waals surface area contributed by atoms with Crippen LogP contribution in [-0.2, 0) is 18.4 Å². The monoisotopic (exact) mass is 259 g/mol. The molecule has 1 aromatic carbocycles. The first-order chi connectivity index (χ1) is 9.15. The van der Waals surface area contributed by atoms with Gasteiger partial charge in [-0.15, -0.1) is 0 Å². The minimum absolute atomic E-state index is 0.124. The van der Waals surface area contributed by atoms with E-state index in [1.807, 2.05) is 43.7 Å². The molecule has 0 saturated heterocycles. The minimum Gasteiger partial charge on any atom is -0.352 e. The number of aryl methyl sites for hydroxylation is 1. The van der Waals surface area contributed by atoms with Crippen LogP contribution in [0.25, 0.3) is 11.0 Å². The maximum atomic E-state index is 11.9. The summed E-state index contributed by atoms with van der Waals surface area (Å²) in [5.41, 5.74) is 3.16. The molecular formula is C15H21N3O. The van der Waals surface area contributed by atoms with E-state index in [-0.39, 0.29) is 11.8 Å². The number of carbonyl (C=O) groups excluding carboxylic acids is 1. The molecule has 0 saturated carbocycles. The van der Waals surface area contributed by atoms with Gasteiger partial charge in [0.1, 0.15) is 0 Å². The molecule has 2 rings (SSSR count). The number of imidazole rings is 1. The van der Waals surface area contributed by atoms with Crippen molar-refractivity contribution < 1.29 is 4.79 Å². The van der Waals surface area contributed by atoms with Gasteiger partial charge in [0.25, 0.3) is 0 Å². The molecule has 0 aliphatic heterocycles. The van der Waals surface area contributed by atoms with E-state index in [2.05, 4.69) is 10.3 Å². The van der Waals surface area contributed by atoms with E-state index in [1.54, 1.807) is 6.33 Å². The molecule has 0 atom stereocenters. The van der Waals surface area contributed by atoms with Crippen LogP contribution in [0.5, 0.6) is 0 Å². The van der Waals surface area contributed by atoms with Crippen molar-refractivity contribution in [3.8, 4) is 0 Å². The van der Waals surface area contributed by atoms with Crippen molar-refractivity contribution in [3.63, 3.8) is 0 Å². The highest BCUT2D eigenvalue weighted by Gasteiger charge is 2.13. The number of rotatable bonds is 5. The molecule has 0 radical (unpaired) electrons. The van der Waals surface area contributed by atoms with Gasteiger partial charge < -0.3 is 9.88 Å². The number of hydrogen-bond donors (Lipinski definition) is 1. The molecule has 1 heterocycles. The van der Waals surface area contributed by atoms with Gasteiger partial charge in [-0.1, -0.05) is 19.9 Å². The SMILES string of the molecule is CCC(CC)C(=O)NCc1ccc2c(c1)ncn2C. The highest BCUT2D eigenvalue weighted by molar-refractivity contribution is 5.79. The van der Waals surface area contributed by atoms with Crippen molar-refractivity contribution in [1.82, 2.24) is 14.9 Å². The van der Waals surface area contributed by atoms with Crippen LogP contribution in [0.3, 0.4) is 0 Å². The number of carbonyl (C=O) groups is 1. The van der Waals surface area contributed by atoms with Gasteiger partial charge in [0, 0.05) is 19.5 Å². The fourth-order valence-corrected chi connectivity index (χ4v) is 2.28. The maximum Gasteiger partial charge on any atom is 0.223 e. The second-order valence-corrected chi connectivity index (χ2v) is 4.91. The van der Waals surface area contributed by atoms with Crippen molar-refractivity contribution in [3.05, 3.63) is 30.1 Å². The fraction of sp³-hybridized carbons (Fsp3) is 0.467. The van der Waals surface area contributed by atoms with Crippen LogP contribution >= 0.6 is 0 Å². The van der Waals surface area contributed by atoms with E-state index in [0.29, 0.717) is 6.54 Å². The molecule has 0 spiro atoms. The van der Waals surface area contributed by atoms with Crippen LogP contribution in [0, 0.1) is 5.92 Å². The van der Waals surface area contributed by atoms with E-state index >= 15 is 0 Å². The largest absolute Gasteiger partial charge is 0.352 e. The zero-order valence-corrected chi connectivity index (χ0v) is 11.8. The fourth-order valence-electron chi connectivity index (χ4n) is 2.28. The summed E-state index contributed by atoms with van der Waals surface area (Å²) in [4.78, 5) is 16.2. The van der Waals surface area contributed by atoms with Crippen molar-refractivity contribution in [1.29, 1.82) is 0 Å². The van der Waals surface area contributed by atoms with Crippen molar-refractivity contribution in [2.75, 3.05) is 0 Å². The Labute approximate surface area is 113 Å². The van der Waals surface area contributed by atoms with Gasteiger partial charge in [-0.25, -0.2) is 4.98 Å². The summed E-state index contributed by atoms with van der Waals surface area (Å²) in [5.74, 6) is 0.268. The third kappa shape index (κ3) is 2.95. The summed E-state index contributed by atoms with van der Waals surface area (Å²) in [6.07, 6.45) is 3.58. The van der Waals surface area contributed by atoms with Crippen molar-refractivity contribution >= 4 is 16.9 Å². The predicted molar refractivity (Wildman–Crippen MR) is 76.6 cm³/mol. The molecule has 0 aliphatic rings. The van der Waals surface area contributed by atoms with Crippen LogP contribution in [0.15, 0.2) is 24.5 Å². The summed E-state index contributed by atoms with van der Waals surface area (Å²) in [6, 6.07) is 6.11. The molecule has 1 N–H and O–H groups in total. The van der Waals surface area contributed by atoms with Gasteiger partial charge in [0.15, 0.2) is 0 Å². The number of benzene rings is 1. The number of hydrogen-bond acceptors (Lipinski definition) is 2. The average molecular weight is 259 g/mol. The topological polar surface area (TPSA) is 46.9 Å². The number of nitrogens with one attached hydrogen (secondary N) is 1. The third-order valence-corrected chi connectivity index (χ3v) is 3.61. The van der Waals surface area contributed by atoms with Crippen molar-refractivity contribution in [2.24, 2.45) is 13.0 Å². The number of nitrogens with zero attached hydrogens (tertiary/aromatic N) is 2. The van der Waals surface area contributed by atoms with E-state index in [0.717, 1.165) is 29.4 Å². The normalized spacial score (nSPS) is 11.2. The van der Waals surface area contributed by atoms with Crippen LogP contribution in [-0.4, -0.2) is 15.5 Å². The van der Waals surface area contributed by atoms with Gasteiger partial charge >= 0.3 is 0 Å². The molecule has 0 fully saturated rings. The van der Waals surface area contributed by atoms with Gasteiger partial charge in [0.2, 0.25) is 5.91 Å². The summed E-state index contributed by atoms with van der Waals surface area (Å²) in [5, 5.41) is 3.00. The molecule has 0 aliphatic carbocycles. The van der Waals surface area contributed by atoms with E-state index in [9.17, 15) is 4.79 Å². The highest BCUT2D eigenvalue weighted by Crippen LogP contribution is 2.14. The minimum atomic E-state index is 0.124. The molecule has 1 aromatic heterocycles. The molecule has 19 heavy (non-hydrogen) atoms. The maximum absolute atomic E-state index is 11.9. The second-order valence-electron chi connectivity index (χ2n) is 4.91. The summed E-state index contributed by atoms with van der Waals surface area (Å²) >= 11 is 0. The Bertz CT molecular complexity index is 570. The zero-order chi connectivity index (χ0) is 13.8. The first kappa shape index (κ1) is 13.6. The van der Waals surface area contributed by atoms with E-state index in [1.165, 1.54) is 0 Å². The standard InChI is InChI=1S/C15H21N3O/c1-4-12(5-2)15(19)16-9-11-6-7-14-13(8-11)17-10-18(14)3/h6-8,10,12H,4-5,9H2,1-3H3,(H,16,19). The molecule has 0 bridgehead atoms. The van der Waals surface area contributed by atoms with E-state index in [4.69, 9.17) is 0 Å². The molecule has 2 aromatic rings. The lowest BCUT2D eigenvalue weighted by molar-refractivity contribution is -0.125. The average Bonchev–Trinajstić information content (AvgIpc) is 2.79. The quantitative estimate of drug-likeness (QED) is 0.897. The van der Waals surface area contributed by atoms with E-state index < -0.39 is 0 Å². The summed E-state index contributed by atoms with van der Waals surface area (Å²) < 4.78 is 1.99. The summed E-state index contributed by atoms with van der Waals surface area (Å²) in [7, 11) is 1.98. The van der Waals surface area contributed by atoms with Gasteiger partial charge in [-0.3, -0.25) is 4.79 Å². The second kappa shape index (κ2) is 5.87. The molecular weight excluding hydrogens is 238 g/mol. The number of aromatic nitrogens is 2. The zero-order valence-electron chi connectivity index (χ0n) is 11.8. The van der Waals surface area contributed by atoms with Crippen LogP contribution in [0.2, 0.25) is 0 Å². The first-order valence-electron chi connectivity index (χ1n) is 6.83. The molecule has 4 nitrogen and oxygen atoms in total. The van der Waals surface area contributed by atoms with Crippen LogP contribution in [0.4, 0.5) is 0 Å². The smallest absolute Gasteiger partial charge is 0.223 e. The summed E-state index contributed by atoms with van der Waals surface area (Å²) in [6.45, 7) is 4.67. The Morgan fingerprint density at radius 1 is 1.37 bits per heavy atom. The Kier molecular flexibility index (Phi) is 4.20. The Morgan fingerprint density at radius 2 is 2.11 bits per heavy atom. The van der Waals surface area contributed by atoms with Gasteiger partial charge in [-0.2, -0.15) is 0 Å². The lowest BCUT2D eigenvalue weighted by Crippen LogP contribution is -2.29. The Hall–Kier alpha value is -1.84.